The fraction of sp³-hybridized carbons (Fsp3) is 0.524. The van der Waals surface area contributed by atoms with Crippen LogP contribution in [-0.4, -0.2) is 41.1 Å². The Kier molecular flexibility index (Phi) is 6.95. The molecule has 1 aliphatic carbocycles. The van der Waals surface area contributed by atoms with Gasteiger partial charge in [-0.25, -0.2) is 19.3 Å². The van der Waals surface area contributed by atoms with E-state index in [1.807, 2.05) is 0 Å². The molecule has 1 atom stereocenters. The molecule has 2 heterocycles. The van der Waals surface area contributed by atoms with Crippen LogP contribution in [0, 0.1) is 11.7 Å². The monoisotopic (exact) mass is 402 g/mol. The molecule has 1 N–H and O–H groups in total. The summed E-state index contributed by atoms with van der Waals surface area (Å²) in [4.78, 5) is 24.4. The summed E-state index contributed by atoms with van der Waals surface area (Å²) in [5.74, 6) is -0.00706. The van der Waals surface area contributed by atoms with E-state index in [2.05, 4.69) is 27.2 Å². The fourth-order valence-electron chi connectivity index (χ4n) is 4.07. The normalized spacial score (nSPS) is 20.0. The Balaban J connectivity index is 1.60. The summed E-state index contributed by atoms with van der Waals surface area (Å²) in [6.07, 6.45) is 8.93. The van der Waals surface area contributed by atoms with Crippen molar-refractivity contribution < 1.29 is 18.7 Å². The Labute approximate surface area is 170 Å². The van der Waals surface area contributed by atoms with Gasteiger partial charge in [0.25, 0.3) is 5.91 Å². The maximum Gasteiger partial charge on any atom is 0.316 e. The number of hydrogen-bond donors (Lipinski definition) is 1. The molecule has 0 spiro atoms. The first-order valence-electron chi connectivity index (χ1n) is 9.92. The summed E-state index contributed by atoms with van der Waals surface area (Å²) >= 11 is 0. The molecule has 0 radical (unpaired) electrons. The molecule has 2 aromatic heterocycles. The molecule has 1 fully saturated rings. The van der Waals surface area contributed by atoms with E-state index in [-0.39, 0.29) is 35.6 Å². The lowest BCUT2D eigenvalue weighted by Gasteiger charge is -2.34. The van der Waals surface area contributed by atoms with Crippen molar-refractivity contribution in [2.75, 3.05) is 14.2 Å². The zero-order valence-electron chi connectivity index (χ0n) is 17.0. The van der Waals surface area contributed by atoms with E-state index in [9.17, 15) is 9.18 Å². The third-order valence-electron chi connectivity index (χ3n) is 5.69. The minimum atomic E-state index is -0.363. The number of nitrogens with one attached hydrogen (secondary N) is 1. The molecule has 29 heavy (non-hydrogen) atoms. The lowest BCUT2D eigenvalue weighted by molar-refractivity contribution is 0.0908. The highest BCUT2D eigenvalue weighted by Gasteiger charge is 2.30. The quantitative estimate of drug-likeness (QED) is 0.763. The number of amides is 1. The van der Waals surface area contributed by atoms with Crippen molar-refractivity contribution in [1.82, 2.24) is 20.3 Å². The van der Waals surface area contributed by atoms with Gasteiger partial charge in [0.15, 0.2) is 5.82 Å². The zero-order valence-corrected chi connectivity index (χ0v) is 17.0. The van der Waals surface area contributed by atoms with Gasteiger partial charge in [-0.3, -0.25) is 4.79 Å². The van der Waals surface area contributed by atoms with Crippen LogP contribution in [0.15, 0.2) is 24.7 Å². The van der Waals surface area contributed by atoms with E-state index in [0.29, 0.717) is 17.0 Å². The molecule has 1 saturated carbocycles. The second-order valence-corrected chi connectivity index (χ2v) is 7.28. The van der Waals surface area contributed by atoms with Crippen molar-refractivity contribution >= 4 is 5.91 Å². The number of ether oxygens (including phenoxy) is 2. The van der Waals surface area contributed by atoms with Crippen LogP contribution in [0.1, 0.15) is 60.9 Å². The molecule has 156 valence electrons. The second kappa shape index (κ2) is 9.62. The number of carbonyl (C=O) groups is 1. The van der Waals surface area contributed by atoms with Gasteiger partial charge in [-0.05, 0) is 55.6 Å². The van der Waals surface area contributed by atoms with Crippen LogP contribution in [0.2, 0.25) is 0 Å². The Morgan fingerprint density at radius 2 is 1.86 bits per heavy atom. The Bertz CT molecular complexity index is 823. The van der Waals surface area contributed by atoms with Gasteiger partial charge in [0.2, 0.25) is 5.88 Å². The first kappa shape index (κ1) is 21.0. The van der Waals surface area contributed by atoms with Crippen molar-refractivity contribution in [3.05, 3.63) is 41.6 Å². The predicted octanol–water partition coefficient (Wildman–Crippen LogP) is 3.51. The van der Waals surface area contributed by atoms with E-state index in [0.717, 1.165) is 32.1 Å². The molecule has 1 amide bonds. The van der Waals surface area contributed by atoms with Crippen LogP contribution < -0.4 is 14.8 Å². The van der Waals surface area contributed by atoms with E-state index in [1.165, 1.54) is 26.6 Å². The number of halogens is 1. The van der Waals surface area contributed by atoms with Gasteiger partial charge < -0.3 is 14.8 Å². The zero-order chi connectivity index (χ0) is 20.8. The third kappa shape index (κ3) is 4.81. The first-order chi connectivity index (χ1) is 14.1. The average Bonchev–Trinajstić information content (AvgIpc) is 2.77. The topological polar surface area (TPSA) is 86.2 Å². The predicted molar refractivity (Wildman–Crippen MR) is 106 cm³/mol. The van der Waals surface area contributed by atoms with Crippen LogP contribution in [0.3, 0.4) is 0 Å². The van der Waals surface area contributed by atoms with Crippen molar-refractivity contribution in [2.24, 2.45) is 5.92 Å². The summed E-state index contributed by atoms with van der Waals surface area (Å²) in [6, 6.07) is 2.03. The van der Waals surface area contributed by atoms with Crippen LogP contribution >= 0.6 is 0 Å². The van der Waals surface area contributed by atoms with E-state index < -0.39 is 0 Å². The summed E-state index contributed by atoms with van der Waals surface area (Å²) in [5.41, 5.74) is 1.08. The second-order valence-electron chi connectivity index (χ2n) is 7.28. The van der Waals surface area contributed by atoms with Crippen molar-refractivity contribution in [3.8, 4) is 11.9 Å². The van der Waals surface area contributed by atoms with Gasteiger partial charge in [0.1, 0.15) is 0 Å². The summed E-state index contributed by atoms with van der Waals surface area (Å²) in [5, 5.41) is 3.11. The van der Waals surface area contributed by atoms with E-state index in [1.54, 1.807) is 12.3 Å². The summed E-state index contributed by atoms with van der Waals surface area (Å²) in [7, 11) is 2.90. The maximum atomic E-state index is 14.5. The van der Waals surface area contributed by atoms with Gasteiger partial charge in [-0.2, -0.15) is 0 Å². The highest BCUT2D eigenvalue weighted by atomic mass is 19.1. The molecule has 0 bridgehead atoms. The number of hydrogen-bond acceptors (Lipinski definition) is 6. The average molecular weight is 402 g/mol. The van der Waals surface area contributed by atoms with Gasteiger partial charge in [-0.1, -0.05) is 6.92 Å². The molecule has 1 aliphatic rings. The minimum Gasteiger partial charge on any atom is -0.479 e. The summed E-state index contributed by atoms with van der Waals surface area (Å²) < 4.78 is 24.5. The molecule has 7 nitrogen and oxygen atoms in total. The molecule has 0 aliphatic heterocycles. The van der Waals surface area contributed by atoms with Gasteiger partial charge >= 0.3 is 6.01 Å². The lowest BCUT2D eigenvalue weighted by Crippen LogP contribution is -2.41. The number of rotatable bonds is 7. The van der Waals surface area contributed by atoms with Crippen LogP contribution in [0.25, 0.3) is 0 Å². The highest BCUT2D eigenvalue weighted by molar-refractivity contribution is 5.93. The number of carbonyl (C=O) groups excluding carboxylic acids is 1. The number of aromatic nitrogens is 3. The third-order valence-corrected chi connectivity index (χ3v) is 5.69. The first-order valence-corrected chi connectivity index (χ1v) is 9.92. The molecule has 0 unspecified atom stereocenters. The van der Waals surface area contributed by atoms with Gasteiger partial charge in [0, 0.05) is 24.6 Å². The SMILES string of the molecule is CC[C@H](NC(=O)c1cnc(OC)nc1)C1CCC(c2ccnc(OC)c2F)CC1. The summed E-state index contributed by atoms with van der Waals surface area (Å²) in [6.45, 7) is 2.06. The standard InChI is InChI=1S/C21H27FN4O3/c1-4-17(26-19(27)15-11-24-21(29-3)25-12-15)14-7-5-13(6-8-14)16-9-10-23-20(28-2)18(16)22/h9-14,17H,4-8H2,1-3H3,(H,26,27)/t13?,14?,17-/m0/s1. The van der Waals surface area contributed by atoms with E-state index >= 15 is 0 Å². The number of nitrogens with zero attached hydrogens (tertiary/aromatic N) is 3. The minimum absolute atomic E-state index is 0.0463. The Morgan fingerprint density at radius 3 is 2.45 bits per heavy atom. The van der Waals surface area contributed by atoms with Crippen molar-refractivity contribution in [1.29, 1.82) is 0 Å². The highest BCUT2D eigenvalue weighted by Crippen LogP contribution is 2.39. The fourth-order valence-corrected chi connectivity index (χ4v) is 4.07. The van der Waals surface area contributed by atoms with Crippen LogP contribution in [-0.2, 0) is 0 Å². The largest absolute Gasteiger partial charge is 0.479 e. The van der Waals surface area contributed by atoms with Gasteiger partial charge in [-0.15, -0.1) is 0 Å². The van der Waals surface area contributed by atoms with Crippen molar-refractivity contribution in [3.63, 3.8) is 0 Å². The van der Waals surface area contributed by atoms with Crippen LogP contribution in [0.5, 0.6) is 11.9 Å². The molecule has 2 aromatic rings. The smallest absolute Gasteiger partial charge is 0.316 e. The Morgan fingerprint density at radius 1 is 1.17 bits per heavy atom. The molecule has 0 aromatic carbocycles. The van der Waals surface area contributed by atoms with Crippen LogP contribution in [0.4, 0.5) is 4.39 Å². The molecular weight excluding hydrogens is 375 g/mol. The molecule has 0 saturated heterocycles. The van der Waals surface area contributed by atoms with Crippen molar-refractivity contribution in [2.45, 2.75) is 51.0 Å². The Hall–Kier alpha value is -2.77. The number of pyridine rings is 1. The van der Waals surface area contributed by atoms with Gasteiger partial charge in [0.05, 0.1) is 19.8 Å². The number of methoxy groups -OCH3 is 2. The molecular formula is C21H27FN4O3. The van der Waals surface area contributed by atoms with E-state index in [4.69, 9.17) is 9.47 Å². The maximum absolute atomic E-state index is 14.5. The molecule has 3 rings (SSSR count). The lowest BCUT2D eigenvalue weighted by atomic mass is 9.75. The molecule has 8 heteroatoms.